The first kappa shape index (κ1) is 13.3. The molecule has 0 unspecified atom stereocenters. The van der Waals surface area contributed by atoms with Crippen LogP contribution in [0.25, 0.3) is 0 Å². The molecule has 0 radical (unpaired) electrons. The second-order valence-electron chi connectivity index (χ2n) is 4.41. The molecule has 18 heavy (non-hydrogen) atoms. The van der Waals surface area contributed by atoms with Crippen molar-refractivity contribution in [1.29, 1.82) is 0 Å². The van der Waals surface area contributed by atoms with Crippen molar-refractivity contribution >= 4 is 28.3 Å². The molecule has 0 spiro atoms. The van der Waals surface area contributed by atoms with Gasteiger partial charge in [-0.25, -0.2) is 4.39 Å². The Morgan fingerprint density at radius 1 is 1.11 bits per heavy atom. The van der Waals surface area contributed by atoms with Gasteiger partial charge in [0.15, 0.2) is 0 Å². The first-order valence-corrected chi connectivity index (χ1v) is 6.89. The molecule has 0 aliphatic heterocycles. The van der Waals surface area contributed by atoms with Gasteiger partial charge in [0.2, 0.25) is 0 Å². The van der Waals surface area contributed by atoms with Gasteiger partial charge in [-0.3, -0.25) is 0 Å². The van der Waals surface area contributed by atoms with Gasteiger partial charge in [0, 0.05) is 21.4 Å². The zero-order valence-corrected chi connectivity index (χ0v) is 12.6. The maximum atomic E-state index is 13.6. The van der Waals surface area contributed by atoms with Crippen molar-refractivity contribution in [1.82, 2.24) is 0 Å². The predicted octanol–water partition coefficient (Wildman–Crippen LogP) is 4.66. The lowest BCUT2D eigenvalue weighted by molar-refractivity contribution is 0.612. The molecule has 0 heterocycles. The Bertz CT molecular complexity index is 566. The normalized spacial score (nSPS) is 10.4. The number of benzene rings is 2. The summed E-state index contributed by atoms with van der Waals surface area (Å²) in [6.45, 7) is 4.53. The Balaban J connectivity index is 2.13. The van der Waals surface area contributed by atoms with E-state index in [0.29, 0.717) is 12.1 Å². The highest BCUT2D eigenvalue weighted by Crippen LogP contribution is 2.19. The summed E-state index contributed by atoms with van der Waals surface area (Å²) >= 11 is 2.28. The minimum Gasteiger partial charge on any atom is -0.381 e. The molecule has 94 valence electrons. The van der Waals surface area contributed by atoms with Crippen molar-refractivity contribution in [2.45, 2.75) is 20.4 Å². The fraction of sp³-hybridized carbons (Fsp3) is 0.200. The Labute approximate surface area is 121 Å². The first-order valence-electron chi connectivity index (χ1n) is 5.81. The lowest BCUT2D eigenvalue weighted by atomic mass is 10.1. The third-order valence-electron chi connectivity index (χ3n) is 2.86. The molecule has 0 fully saturated rings. The van der Waals surface area contributed by atoms with Gasteiger partial charge < -0.3 is 5.32 Å². The van der Waals surface area contributed by atoms with E-state index in [9.17, 15) is 4.39 Å². The van der Waals surface area contributed by atoms with E-state index in [2.05, 4.69) is 40.9 Å². The fourth-order valence-electron chi connectivity index (χ4n) is 1.85. The van der Waals surface area contributed by atoms with Crippen LogP contribution in [0.15, 0.2) is 36.4 Å². The van der Waals surface area contributed by atoms with Crippen molar-refractivity contribution in [3.63, 3.8) is 0 Å². The van der Waals surface area contributed by atoms with Crippen LogP contribution in [0, 0.1) is 23.2 Å². The molecule has 0 aromatic heterocycles. The Hall–Kier alpha value is -1.10. The molecule has 0 bridgehead atoms. The van der Waals surface area contributed by atoms with Gasteiger partial charge in [-0.15, -0.1) is 0 Å². The van der Waals surface area contributed by atoms with Gasteiger partial charge in [-0.2, -0.15) is 0 Å². The number of hydrogen-bond acceptors (Lipinski definition) is 1. The molecule has 0 saturated heterocycles. The largest absolute Gasteiger partial charge is 0.381 e. The molecule has 2 rings (SSSR count). The fourth-order valence-corrected chi connectivity index (χ4v) is 2.50. The van der Waals surface area contributed by atoms with Crippen molar-refractivity contribution in [3.05, 3.63) is 62.5 Å². The smallest absolute Gasteiger partial charge is 0.128 e. The number of rotatable bonds is 3. The van der Waals surface area contributed by atoms with Crippen LogP contribution in [0.2, 0.25) is 0 Å². The number of aryl methyl sites for hydroxylation is 2. The van der Waals surface area contributed by atoms with Crippen LogP contribution >= 0.6 is 22.6 Å². The summed E-state index contributed by atoms with van der Waals surface area (Å²) in [5.41, 5.74) is 4.01. The maximum Gasteiger partial charge on any atom is 0.128 e. The monoisotopic (exact) mass is 355 g/mol. The van der Waals surface area contributed by atoms with Crippen molar-refractivity contribution in [2.24, 2.45) is 0 Å². The third kappa shape index (κ3) is 3.22. The quantitative estimate of drug-likeness (QED) is 0.790. The van der Waals surface area contributed by atoms with E-state index >= 15 is 0 Å². The SMILES string of the molecule is Cc1ccc(F)c(CNc2ccc(I)cc2C)c1. The molecule has 0 saturated carbocycles. The highest BCUT2D eigenvalue weighted by molar-refractivity contribution is 14.1. The number of nitrogens with one attached hydrogen (secondary N) is 1. The molecule has 0 amide bonds. The number of hydrogen-bond donors (Lipinski definition) is 1. The van der Waals surface area contributed by atoms with E-state index in [1.807, 2.05) is 25.1 Å². The van der Waals surface area contributed by atoms with Crippen LogP contribution in [-0.2, 0) is 6.54 Å². The summed E-state index contributed by atoms with van der Waals surface area (Å²) in [6, 6.07) is 11.4. The zero-order valence-electron chi connectivity index (χ0n) is 10.4. The van der Waals surface area contributed by atoms with Crippen molar-refractivity contribution in [3.8, 4) is 0 Å². The minimum absolute atomic E-state index is 0.156. The molecule has 1 nitrogen and oxygen atoms in total. The summed E-state index contributed by atoms with van der Waals surface area (Å²) in [6.07, 6.45) is 0. The third-order valence-corrected chi connectivity index (χ3v) is 3.53. The topological polar surface area (TPSA) is 12.0 Å². The lowest BCUT2D eigenvalue weighted by Gasteiger charge is -2.11. The predicted molar refractivity (Wildman–Crippen MR) is 82.4 cm³/mol. The molecular formula is C15H15FIN. The average molecular weight is 355 g/mol. The van der Waals surface area contributed by atoms with E-state index in [0.717, 1.165) is 11.3 Å². The van der Waals surface area contributed by atoms with Crippen LogP contribution in [0.4, 0.5) is 10.1 Å². The number of anilines is 1. The van der Waals surface area contributed by atoms with E-state index in [-0.39, 0.29) is 5.82 Å². The van der Waals surface area contributed by atoms with E-state index in [4.69, 9.17) is 0 Å². The van der Waals surface area contributed by atoms with Crippen LogP contribution in [-0.4, -0.2) is 0 Å². The molecular weight excluding hydrogens is 340 g/mol. The van der Waals surface area contributed by atoms with Gasteiger partial charge in [0.1, 0.15) is 5.82 Å². The van der Waals surface area contributed by atoms with E-state index in [1.165, 1.54) is 15.2 Å². The van der Waals surface area contributed by atoms with Gasteiger partial charge in [0.25, 0.3) is 0 Å². The summed E-state index contributed by atoms with van der Waals surface area (Å²) in [4.78, 5) is 0. The minimum atomic E-state index is -0.156. The second kappa shape index (κ2) is 5.69. The van der Waals surface area contributed by atoms with E-state index in [1.54, 1.807) is 6.07 Å². The maximum absolute atomic E-state index is 13.6. The summed E-state index contributed by atoms with van der Waals surface area (Å²) in [7, 11) is 0. The summed E-state index contributed by atoms with van der Waals surface area (Å²) in [5.74, 6) is -0.156. The Morgan fingerprint density at radius 2 is 1.89 bits per heavy atom. The highest BCUT2D eigenvalue weighted by atomic mass is 127. The van der Waals surface area contributed by atoms with Crippen molar-refractivity contribution in [2.75, 3.05) is 5.32 Å². The molecule has 2 aromatic rings. The van der Waals surface area contributed by atoms with Crippen LogP contribution in [0.5, 0.6) is 0 Å². The molecule has 0 aliphatic rings. The Kier molecular flexibility index (Phi) is 4.22. The van der Waals surface area contributed by atoms with Gasteiger partial charge >= 0.3 is 0 Å². The van der Waals surface area contributed by atoms with Crippen LogP contribution < -0.4 is 5.32 Å². The molecule has 0 atom stereocenters. The van der Waals surface area contributed by atoms with Gasteiger partial charge in [-0.05, 0) is 66.3 Å². The number of halogens is 2. The average Bonchev–Trinajstić information content (AvgIpc) is 2.32. The summed E-state index contributed by atoms with van der Waals surface area (Å²) < 4.78 is 14.8. The molecule has 2 aromatic carbocycles. The molecule has 1 N–H and O–H groups in total. The molecule has 0 aliphatic carbocycles. The van der Waals surface area contributed by atoms with Crippen LogP contribution in [0.3, 0.4) is 0 Å². The second-order valence-corrected chi connectivity index (χ2v) is 5.65. The van der Waals surface area contributed by atoms with Crippen LogP contribution in [0.1, 0.15) is 16.7 Å². The lowest BCUT2D eigenvalue weighted by Crippen LogP contribution is -2.03. The molecule has 3 heteroatoms. The highest BCUT2D eigenvalue weighted by Gasteiger charge is 2.03. The first-order chi connectivity index (χ1) is 8.56. The summed E-state index contributed by atoms with van der Waals surface area (Å²) in [5, 5.41) is 3.28. The van der Waals surface area contributed by atoms with Gasteiger partial charge in [0.05, 0.1) is 0 Å². The zero-order chi connectivity index (χ0) is 13.1. The Morgan fingerprint density at radius 3 is 2.61 bits per heavy atom. The standard InChI is InChI=1S/C15H15FIN/c1-10-3-5-14(16)12(7-10)9-18-15-6-4-13(17)8-11(15)2/h3-8,18H,9H2,1-2H3. The van der Waals surface area contributed by atoms with Crippen molar-refractivity contribution < 1.29 is 4.39 Å². The van der Waals surface area contributed by atoms with E-state index < -0.39 is 0 Å². The van der Waals surface area contributed by atoms with Gasteiger partial charge in [-0.1, -0.05) is 17.7 Å².